The number of ether oxygens (including phenoxy) is 2. The van der Waals surface area contributed by atoms with Gasteiger partial charge in [0.2, 0.25) is 0 Å². The first-order valence-corrected chi connectivity index (χ1v) is 8.82. The topological polar surface area (TPSA) is 103 Å². The molecule has 3 rings (SSSR count). The molecule has 1 saturated heterocycles. The fraction of sp³-hybridized carbons (Fsp3) is 0.381. The molecule has 0 aromatic heterocycles. The Hall–Kier alpha value is -2.43. The molecule has 142 valence electrons. The molecule has 27 heavy (non-hydrogen) atoms. The van der Waals surface area contributed by atoms with Crippen LogP contribution in [-0.2, 0) is 11.2 Å². The first kappa shape index (κ1) is 19.3. The first-order valence-electron chi connectivity index (χ1n) is 8.82. The van der Waals surface area contributed by atoms with E-state index in [1.807, 2.05) is 48.5 Å². The zero-order valence-corrected chi connectivity index (χ0v) is 15.0. The molecule has 0 amide bonds. The lowest BCUT2D eigenvalue weighted by atomic mass is 9.89. The summed E-state index contributed by atoms with van der Waals surface area (Å²) < 4.78 is 10.9. The number of aliphatic hydroxyl groups excluding tert-OH is 3. The summed E-state index contributed by atoms with van der Waals surface area (Å²) in [4.78, 5) is 0. The molecule has 2 aromatic carbocycles. The summed E-state index contributed by atoms with van der Waals surface area (Å²) in [5, 5.41) is 39.4. The van der Waals surface area contributed by atoms with Crippen LogP contribution in [0.4, 0.5) is 0 Å². The summed E-state index contributed by atoms with van der Waals surface area (Å²) >= 11 is 0. The number of methoxy groups -OCH3 is 1. The van der Waals surface area contributed by atoms with E-state index in [4.69, 9.17) is 14.7 Å². The van der Waals surface area contributed by atoms with Gasteiger partial charge in [0, 0.05) is 0 Å². The van der Waals surface area contributed by atoms with E-state index in [-0.39, 0.29) is 6.42 Å². The Labute approximate surface area is 158 Å². The largest absolute Gasteiger partial charge is 0.497 e. The van der Waals surface area contributed by atoms with Gasteiger partial charge in [-0.15, -0.1) is 0 Å². The van der Waals surface area contributed by atoms with Crippen LogP contribution in [0, 0.1) is 11.3 Å². The predicted octanol–water partition coefficient (Wildman–Crippen LogP) is 1.72. The Balaban J connectivity index is 1.80. The number of nitriles is 1. The van der Waals surface area contributed by atoms with E-state index in [0.29, 0.717) is 12.0 Å². The molecule has 3 N–H and O–H groups in total. The van der Waals surface area contributed by atoms with E-state index in [9.17, 15) is 15.3 Å². The van der Waals surface area contributed by atoms with Crippen LogP contribution in [-0.4, -0.2) is 46.8 Å². The van der Waals surface area contributed by atoms with Crippen molar-refractivity contribution in [2.45, 2.75) is 43.4 Å². The predicted molar refractivity (Wildman–Crippen MR) is 98.1 cm³/mol. The Morgan fingerprint density at radius 2 is 1.74 bits per heavy atom. The first-order chi connectivity index (χ1) is 13.0. The average molecular weight is 369 g/mol. The van der Waals surface area contributed by atoms with Gasteiger partial charge in [0.15, 0.2) is 0 Å². The number of hydrogen-bond donors (Lipinski definition) is 3. The highest BCUT2D eigenvalue weighted by atomic mass is 16.5. The quantitative estimate of drug-likeness (QED) is 0.742. The highest BCUT2D eigenvalue weighted by Crippen LogP contribution is 2.34. The van der Waals surface area contributed by atoms with Gasteiger partial charge in [0.05, 0.1) is 25.7 Å². The van der Waals surface area contributed by atoms with Crippen molar-refractivity contribution in [3.8, 4) is 11.8 Å². The lowest BCUT2D eigenvalue weighted by Gasteiger charge is -2.40. The van der Waals surface area contributed by atoms with Crippen LogP contribution < -0.4 is 4.74 Å². The Bertz CT molecular complexity index is 801. The molecule has 0 aliphatic carbocycles. The maximum atomic E-state index is 10.4. The van der Waals surface area contributed by atoms with Crippen LogP contribution in [0.1, 0.15) is 29.2 Å². The van der Waals surface area contributed by atoms with E-state index >= 15 is 0 Å². The lowest BCUT2D eigenvalue weighted by molar-refractivity contribution is -0.223. The van der Waals surface area contributed by atoms with Crippen molar-refractivity contribution in [1.82, 2.24) is 0 Å². The third-order valence-electron chi connectivity index (χ3n) is 4.85. The molecule has 0 saturated carbocycles. The van der Waals surface area contributed by atoms with Crippen molar-refractivity contribution >= 4 is 0 Å². The molecular formula is C21H23NO5. The van der Waals surface area contributed by atoms with E-state index in [0.717, 1.165) is 16.9 Å². The summed E-state index contributed by atoms with van der Waals surface area (Å²) in [5.41, 5.74) is 2.82. The van der Waals surface area contributed by atoms with Crippen LogP contribution in [0.5, 0.6) is 5.75 Å². The minimum atomic E-state index is -1.37. The molecule has 0 bridgehead atoms. The molecule has 2 aromatic rings. The molecule has 1 aliphatic rings. The van der Waals surface area contributed by atoms with Gasteiger partial charge in [0.1, 0.15) is 30.2 Å². The lowest BCUT2D eigenvalue weighted by Crippen LogP contribution is -2.53. The maximum Gasteiger partial charge on any atom is 0.118 e. The minimum absolute atomic E-state index is 0.0625. The molecule has 1 heterocycles. The van der Waals surface area contributed by atoms with Gasteiger partial charge in [-0.05, 0) is 35.2 Å². The number of aliphatic hydroxyl groups is 3. The fourth-order valence-electron chi connectivity index (χ4n) is 3.34. The summed E-state index contributed by atoms with van der Waals surface area (Å²) in [6, 6.07) is 17.3. The summed E-state index contributed by atoms with van der Waals surface area (Å²) in [6.07, 6.45) is -4.96. The van der Waals surface area contributed by atoms with Crippen molar-refractivity contribution in [1.29, 1.82) is 5.26 Å². The molecule has 1 aliphatic heterocycles. The van der Waals surface area contributed by atoms with Gasteiger partial charge >= 0.3 is 0 Å². The second-order valence-electron chi connectivity index (χ2n) is 6.70. The highest BCUT2D eigenvalue weighted by molar-refractivity contribution is 5.34. The Kier molecular flexibility index (Phi) is 6.09. The molecule has 6 nitrogen and oxygen atoms in total. The van der Waals surface area contributed by atoms with Gasteiger partial charge in [-0.25, -0.2) is 0 Å². The highest BCUT2D eigenvalue weighted by Gasteiger charge is 2.44. The van der Waals surface area contributed by atoms with Crippen LogP contribution in [0.2, 0.25) is 0 Å². The van der Waals surface area contributed by atoms with Crippen LogP contribution in [0.25, 0.3) is 0 Å². The second kappa shape index (κ2) is 8.51. The average Bonchev–Trinajstić information content (AvgIpc) is 2.69. The maximum absolute atomic E-state index is 10.4. The molecular weight excluding hydrogens is 346 g/mol. The monoisotopic (exact) mass is 369 g/mol. The zero-order valence-electron chi connectivity index (χ0n) is 15.0. The molecule has 6 heteroatoms. The van der Waals surface area contributed by atoms with E-state index in [2.05, 4.69) is 0 Å². The molecule has 5 atom stereocenters. The third-order valence-corrected chi connectivity index (χ3v) is 4.85. The number of nitrogens with zero attached hydrogens (tertiary/aromatic N) is 1. The molecule has 0 radical (unpaired) electrons. The number of hydrogen-bond acceptors (Lipinski definition) is 6. The van der Waals surface area contributed by atoms with Gasteiger partial charge in [-0.2, -0.15) is 5.26 Å². The van der Waals surface area contributed by atoms with Crippen molar-refractivity contribution < 1.29 is 24.8 Å². The van der Waals surface area contributed by atoms with Gasteiger partial charge in [0.25, 0.3) is 0 Å². The van der Waals surface area contributed by atoms with Crippen molar-refractivity contribution in [3.63, 3.8) is 0 Å². The summed E-state index contributed by atoms with van der Waals surface area (Å²) in [5.74, 6) is 0.794. The Morgan fingerprint density at radius 1 is 1.00 bits per heavy atom. The van der Waals surface area contributed by atoms with Gasteiger partial charge in [-0.3, -0.25) is 0 Å². The second-order valence-corrected chi connectivity index (χ2v) is 6.70. The van der Waals surface area contributed by atoms with Gasteiger partial charge in [-0.1, -0.05) is 36.4 Å². The van der Waals surface area contributed by atoms with Gasteiger partial charge < -0.3 is 24.8 Å². The zero-order chi connectivity index (χ0) is 19.4. The van der Waals surface area contributed by atoms with Crippen LogP contribution in [0.15, 0.2) is 48.5 Å². The van der Waals surface area contributed by atoms with E-state index in [1.54, 1.807) is 13.2 Å². The van der Waals surface area contributed by atoms with Crippen molar-refractivity contribution in [2.75, 3.05) is 7.11 Å². The summed E-state index contributed by atoms with van der Waals surface area (Å²) in [7, 11) is 1.62. The standard InChI is InChI=1S/C21H23NO5/c1-26-16-7-5-13(6-8-16)11-14-3-2-4-15(12-14)21-20(25)19(24)18(23)17(27-21)9-10-22/h2-8,12,17-21,23-25H,9,11H2,1H3/t17-,18-,19?,20-,21+/m1/s1. The normalized spacial score (nSPS) is 27.7. The number of benzene rings is 2. The molecule has 1 fully saturated rings. The van der Waals surface area contributed by atoms with Crippen molar-refractivity contribution in [2.24, 2.45) is 0 Å². The fourth-order valence-corrected chi connectivity index (χ4v) is 3.34. The Morgan fingerprint density at radius 3 is 2.41 bits per heavy atom. The smallest absolute Gasteiger partial charge is 0.118 e. The minimum Gasteiger partial charge on any atom is -0.497 e. The van der Waals surface area contributed by atoms with Crippen LogP contribution >= 0.6 is 0 Å². The van der Waals surface area contributed by atoms with E-state index in [1.165, 1.54) is 0 Å². The van der Waals surface area contributed by atoms with E-state index < -0.39 is 30.5 Å². The third kappa shape index (κ3) is 4.29. The molecule has 0 spiro atoms. The number of rotatable bonds is 5. The van der Waals surface area contributed by atoms with Crippen LogP contribution in [0.3, 0.4) is 0 Å². The van der Waals surface area contributed by atoms with Crippen molar-refractivity contribution in [3.05, 3.63) is 65.2 Å². The summed E-state index contributed by atoms with van der Waals surface area (Å²) in [6.45, 7) is 0. The SMILES string of the molecule is COc1ccc(Cc2cccc([C@@H]3O[C@H](CC#N)[C@@H](O)C(O)[C@H]3O)c2)cc1. The molecule has 1 unspecified atom stereocenters.